The molecule has 4 nitrogen and oxygen atoms in total. The summed E-state index contributed by atoms with van der Waals surface area (Å²) in [5, 5.41) is 7.05. The van der Waals surface area contributed by atoms with Gasteiger partial charge in [-0.1, -0.05) is 30.3 Å². The molecule has 1 N–H and O–H groups in total. The molecule has 1 atom stereocenters. The van der Waals surface area contributed by atoms with E-state index in [0.717, 1.165) is 38.0 Å². The first-order valence-electron chi connectivity index (χ1n) is 7.64. The Labute approximate surface area is 125 Å². The smallest absolute Gasteiger partial charge is 0.222 e. The number of amides is 1. The van der Waals surface area contributed by atoms with Gasteiger partial charge >= 0.3 is 0 Å². The zero-order chi connectivity index (χ0) is 14.5. The number of likely N-dealkylation sites (tertiary alicyclic amines) is 1. The van der Waals surface area contributed by atoms with E-state index in [9.17, 15) is 4.79 Å². The van der Waals surface area contributed by atoms with Crippen LogP contribution in [0.3, 0.4) is 0 Å². The minimum absolute atomic E-state index is 0.267. The van der Waals surface area contributed by atoms with Crippen molar-refractivity contribution < 1.29 is 4.79 Å². The number of aromatic nitrogens is 2. The van der Waals surface area contributed by atoms with Gasteiger partial charge in [-0.2, -0.15) is 5.10 Å². The summed E-state index contributed by atoms with van der Waals surface area (Å²) >= 11 is 0. The molecule has 1 aromatic carbocycles. The van der Waals surface area contributed by atoms with Crippen molar-refractivity contribution >= 4 is 5.91 Å². The highest BCUT2D eigenvalue weighted by Crippen LogP contribution is 2.25. The quantitative estimate of drug-likeness (QED) is 0.938. The molecule has 0 bridgehead atoms. The highest BCUT2D eigenvalue weighted by molar-refractivity contribution is 5.76. The van der Waals surface area contributed by atoms with Gasteiger partial charge in [0.15, 0.2) is 0 Å². The summed E-state index contributed by atoms with van der Waals surface area (Å²) in [5.74, 6) is 0.671. The minimum atomic E-state index is 0.267. The predicted molar refractivity (Wildman–Crippen MR) is 81.9 cm³/mol. The van der Waals surface area contributed by atoms with Gasteiger partial charge in [-0.05, 0) is 30.9 Å². The Kier molecular flexibility index (Phi) is 4.34. The number of rotatable bonds is 4. The van der Waals surface area contributed by atoms with Gasteiger partial charge in [0.25, 0.3) is 0 Å². The molecule has 2 heterocycles. The molecular weight excluding hydrogens is 262 g/mol. The number of hydrogen-bond donors (Lipinski definition) is 1. The molecule has 3 rings (SSSR count). The summed E-state index contributed by atoms with van der Waals surface area (Å²) in [5.41, 5.74) is 2.38. The Morgan fingerprint density at radius 1 is 1.29 bits per heavy atom. The molecule has 1 saturated heterocycles. The van der Waals surface area contributed by atoms with E-state index in [1.165, 1.54) is 5.56 Å². The first kappa shape index (κ1) is 13.9. The third-order valence-corrected chi connectivity index (χ3v) is 4.21. The number of benzene rings is 1. The Balaban J connectivity index is 1.55. The van der Waals surface area contributed by atoms with Crippen LogP contribution in [0.25, 0.3) is 0 Å². The summed E-state index contributed by atoms with van der Waals surface area (Å²) in [6.07, 6.45) is 5.40. The van der Waals surface area contributed by atoms with Crippen LogP contribution in [0.15, 0.2) is 42.6 Å². The number of carbonyl (C=O) groups is 1. The maximum Gasteiger partial charge on any atom is 0.222 e. The number of aromatic amines is 1. The Hall–Kier alpha value is -2.10. The van der Waals surface area contributed by atoms with E-state index in [0.29, 0.717) is 12.3 Å². The number of nitrogens with one attached hydrogen (secondary N) is 1. The van der Waals surface area contributed by atoms with E-state index in [4.69, 9.17) is 0 Å². The van der Waals surface area contributed by atoms with E-state index >= 15 is 0 Å². The Morgan fingerprint density at radius 2 is 2.14 bits per heavy atom. The zero-order valence-corrected chi connectivity index (χ0v) is 12.2. The van der Waals surface area contributed by atoms with Crippen molar-refractivity contribution in [2.75, 3.05) is 13.1 Å². The highest BCUT2D eigenvalue weighted by Gasteiger charge is 2.25. The van der Waals surface area contributed by atoms with Crippen LogP contribution < -0.4 is 0 Å². The summed E-state index contributed by atoms with van der Waals surface area (Å²) < 4.78 is 0. The summed E-state index contributed by atoms with van der Waals surface area (Å²) in [6.45, 7) is 1.70. The number of H-pyrrole nitrogens is 1. The van der Waals surface area contributed by atoms with Crippen LogP contribution in [0.4, 0.5) is 0 Å². The van der Waals surface area contributed by atoms with Gasteiger partial charge in [-0.25, -0.2) is 0 Å². The Bertz CT molecular complexity index is 565. The first-order chi connectivity index (χ1) is 10.3. The fourth-order valence-electron chi connectivity index (χ4n) is 3.01. The zero-order valence-electron chi connectivity index (χ0n) is 12.2. The van der Waals surface area contributed by atoms with Crippen LogP contribution >= 0.6 is 0 Å². The molecule has 1 aromatic heterocycles. The molecule has 0 unspecified atom stereocenters. The lowest BCUT2D eigenvalue weighted by molar-refractivity contribution is -0.132. The fourth-order valence-corrected chi connectivity index (χ4v) is 3.01. The van der Waals surface area contributed by atoms with E-state index in [1.807, 2.05) is 29.2 Å². The SMILES string of the molecule is O=C(CCc1ccccc1)N1CCC[C@H](c2ccn[nH]2)C1. The lowest BCUT2D eigenvalue weighted by Gasteiger charge is -2.32. The topological polar surface area (TPSA) is 49.0 Å². The number of nitrogens with zero attached hydrogens (tertiary/aromatic N) is 2. The molecule has 1 amide bonds. The van der Waals surface area contributed by atoms with Gasteiger partial charge in [-0.15, -0.1) is 0 Å². The standard InChI is InChI=1S/C17H21N3O/c21-17(9-8-14-5-2-1-3-6-14)20-12-4-7-15(13-20)16-10-11-18-19-16/h1-3,5-6,10-11,15H,4,7-9,12-13H2,(H,18,19)/t15-/m0/s1. The van der Waals surface area contributed by atoms with Gasteiger partial charge in [0, 0.05) is 37.3 Å². The lowest BCUT2D eigenvalue weighted by Crippen LogP contribution is -2.39. The molecule has 21 heavy (non-hydrogen) atoms. The average Bonchev–Trinajstić information content (AvgIpc) is 3.08. The van der Waals surface area contributed by atoms with Crippen molar-refractivity contribution in [3.63, 3.8) is 0 Å². The number of carbonyl (C=O) groups excluding carboxylic acids is 1. The molecule has 110 valence electrons. The lowest BCUT2D eigenvalue weighted by atomic mass is 9.94. The van der Waals surface area contributed by atoms with E-state index in [1.54, 1.807) is 6.20 Å². The van der Waals surface area contributed by atoms with Crippen molar-refractivity contribution in [2.45, 2.75) is 31.6 Å². The highest BCUT2D eigenvalue weighted by atomic mass is 16.2. The first-order valence-corrected chi connectivity index (χ1v) is 7.64. The Morgan fingerprint density at radius 3 is 2.90 bits per heavy atom. The van der Waals surface area contributed by atoms with Crippen molar-refractivity contribution in [3.8, 4) is 0 Å². The van der Waals surface area contributed by atoms with E-state index in [2.05, 4.69) is 22.3 Å². The fraction of sp³-hybridized carbons (Fsp3) is 0.412. The molecule has 1 fully saturated rings. The van der Waals surface area contributed by atoms with Gasteiger partial charge in [-0.3, -0.25) is 9.89 Å². The monoisotopic (exact) mass is 283 g/mol. The molecule has 1 aliphatic heterocycles. The maximum atomic E-state index is 12.4. The predicted octanol–water partition coefficient (Wildman–Crippen LogP) is 2.75. The number of aryl methyl sites for hydroxylation is 1. The second-order valence-corrected chi connectivity index (χ2v) is 5.68. The van der Waals surface area contributed by atoms with Crippen LogP contribution in [0, 0.1) is 0 Å². The second kappa shape index (κ2) is 6.57. The third kappa shape index (κ3) is 3.51. The summed E-state index contributed by atoms with van der Waals surface area (Å²) in [4.78, 5) is 14.4. The van der Waals surface area contributed by atoms with Crippen molar-refractivity contribution in [1.82, 2.24) is 15.1 Å². The summed E-state index contributed by atoms with van der Waals surface area (Å²) in [6, 6.07) is 12.2. The molecule has 2 aromatic rings. The molecule has 0 spiro atoms. The molecule has 4 heteroatoms. The molecule has 0 aliphatic carbocycles. The van der Waals surface area contributed by atoms with Crippen LogP contribution in [0.1, 0.15) is 36.4 Å². The van der Waals surface area contributed by atoms with E-state index < -0.39 is 0 Å². The van der Waals surface area contributed by atoms with Crippen molar-refractivity contribution in [1.29, 1.82) is 0 Å². The normalized spacial score (nSPS) is 18.7. The molecule has 1 aliphatic rings. The van der Waals surface area contributed by atoms with Crippen LogP contribution in [-0.4, -0.2) is 34.1 Å². The van der Waals surface area contributed by atoms with Gasteiger partial charge < -0.3 is 4.90 Å². The largest absolute Gasteiger partial charge is 0.342 e. The maximum absolute atomic E-state index is 12.4. The molecule has 0 saturated carbocycles. The number of piperidine rings is 1. The minimum Gasteiger partial charge on any atom is -0.342 e. The van der Waals surface area contributed by atoms with Crippen LogP contribution in [0.2, 0.25) is 0 Å². The van der Waals surface area contributed by atoms with Crippen LogP contribution in [-0.2, 0) is 11.2 Å². The van der Waals surface area contributed by atoms with E-state index in [-0.39, 0.29) is 5.91 Å². The number of hydrogen-bond acceptors (Lipinski definition) is 2. The van der Waals surface area contributed by atoms with Crippen molar-refractivity contribution in [2.24, 2.45) is 0 Å². The van der Waals surface area contributed by atoms with Gasteiger partial charge in [0.2, 0.25) is 5.91 Å². The third-order valence-electron chi connectivity index (χ3n) is 4.21. The van der Waals surface area contributed by atoms with Crippen molar-refractivity contribution in [3.05, 3.63) is 53.9 Å². The van der Waals surface area contributed by atoms with Gasteiger partial charge in [0.1, 0.15) is 0 Å². The molecular formula is C17H21N3O. The van der Waals surface area contributed by atoms with Gasteiger partial charge in [0.05, 0.1) is 0 Å². The molecule has 0 radical (unpaired) electrons. The average molecular weight is 283 g/mol. The summed E-state index contributed by atoms with van der Waals surface area (Å²) in [7, 11) is 0. The second-order valence-electron chi connectivity index (χ2n) is 5.68. The van der Waals surface area contributed by atoms with Crippen LogP contribution in [0.5, 0.6) is 0 Å².